The molecule has 0 fully saturated rings. The molecule has 0 aromatic carbocycles. The van der Waals surface area contributed by atoms with E-state index < -0.39 is 0 Å². The number of hydrogen-bond donors (Lipinski definition) is 1. The molecule has 0 bridgehead atoms. The molecule has 0 saturated heterocycles. The molecule has 3 rings (SSSR count). The molecule has 0 aliphatic heterocycles. The summed E-state index contributed by atoms with van der Waals surface area (Å²) in [6.45, 7) is 1.84. The van der Waals surface area contributed by atoms with Crippen LogP contribution in [0.2, 0.25) is 8.67 Å². The van der Waals surface area contributed by atoms with E-state index in [9.17, 15) is 4.79 Å². The second kappa shape index (κ2) is 5.63. The average Bonchev–Trinajstić information content (AvgIpc) is 3.01. The van der Waals surface area contributed by atoms with E-state index in [0.29, 0.717) is 20.1 Å². The maximum Gasteiger partial charge on any atom is 0.254 e. The lowest BCUT2D eigenvalue weighted by Crippen LogP contribution is -2.27. The van der Waals surface area contributed by atoms with Gasteiger partial charge in [0.1, 0.15) is 4.34 Å². The highest BCUT2D eigenvalue weighted by Gasteiger charge is 2.19. The zero-order chi connectivity index (χ0) is 15.0. The van der Waals surface area contributed by atoms with E-state index in [1.807, 2.05) is 35.7 Å². The first kappa shape index (κ1) is 14.3. The Morgan fingerprint density at radius 2 is 2.19 bits per heavy atom. The van der Waals surface area contributed by atoms with Gasteiger partial charge in [-0.25, -0.2) is 0 Å². The number of amides is 1. The Morgan fingerprint density at radius 1 is 1.38 bits per heavy atom. The summed E-state index contributed by atoms with van der Waals surface area (Å²) in [5.41, 5.74) is 1.09. The van der Waals surface area contributed by atoms with Crippen molar-refractivity contribution in [2.24, 2.45) is 0 Å². The lowest BCUT2D eigenvalue weighted by molar-refractivity contribution is 0.0938. The van der Waals surface area contributed by atoms with E-state index >= 15 is 0 Å². The minimum Gasteiger partial charge on any atom is -0.342 e. The number of pyridine rings is 1. The molecule has 0 saturated carbocycles. The Bertz CT molecular complexity index is 813. The van der Waals surface area contributed by atoms with Crippen molar-refractivity contribution in [1.29, 1.82) is 0 Å². The fourth-order valence-corrected chi connectivity index (χ4v) is 3.45. The van der Waals surface area contributed by atoms with Gasteiger partial charge in [0.05, 0.1) is 15.9 Å². The van der Waals surface area contributed by atoms with Gasteiger partial charge in [0, 0.05) is 6.20 Å². The summed E-state index contributed by atoms with van der Waals surface area (Å²) in [6.07, 6.45) is 1.85. The van der Waals surface area contributed by atoms with Gasteiger partial charge < -0.3 is 5.32 Å². The molecule has 8 heteroatoms. The SMILES string of the molecule is C[C@@H](NC(=O)c1cc(Cl)sc1Cl)c1nnc2ccccn12. The third-order valence-corrected chi connectivity index (χ3v) is 4.46. The van der Waals surface area contributed by atoms with Crippen LogP contribution in [0, 0.1) is 0 Å². The molecule has 0 unspecified atom stereocenters. The third kappa shape index (κ3) is 2.74. The van der Waals surface area contributed by atoms with Crippen LogP contribution in [-0.2, 0) is 0 Å². The Hall–Kier alpha value is -1.63. The maximum atomic E-state index is 12.2. The van der Waals surface area contributed by atoms with Crippen molar-refractivity contribution in [3.8, 4) is 0 Å². The Balaban J connectivity index is 1.84. The quantitative estimate of drug-likeness (QED) is 0.792. The number of carbonyl (C=O) groups excluding carboxylic acids is 1. The van der Waals surface area contributed by atoms with Gasteiger partial charge in [-0.3, -0.25) is 9.20 Å². The second-order valence-electron chi connectivity index (χ2n) is 4.42. The topological polar surface area (TPSA) is 59.3 Å². The summed E-state index contributed by atoms with van der Waals surface area (Å²) in [5.74, 6) is 0.361. The van der Waals surface area contributed by atoms with E-state index in [-0.39, 0.29) is 11.9 Å². The van der Waals surface area contributed by atoms with Crippen molar-refractivity contribution in [3.05, 3.63) is 50.5 Å². The van der Waals surface area contributed by atoms with E-state index in [1.54, 1.807) is 6.07 Å². The van der Waals surface area contributed by atoms with Crippen LogP contribution in [0.15, 0.2) is 30.5 Å². The molecule has 1 amide bonds. The lowest BCUT2D eigenvalue weighted by Gasteiger charge is -2.11. The molecule has 0 aliphatic rings. The molecular weight excluding hydrogens is 331 g/mol. The summed E-state index contributed by atoms with van der Waals surface area (Å²) < 4.78 is 2.68. The zero-order valence-corrected chi connectivity index (χ0v) is 13.2. The maximum absolute atomic E-state index is 12.2. The number of carbonyl (C=O) groups is 1. The van der Waals surface area contributed by atoms with Gasteiger partial charge >= 0.3 is 0 Å². The number of thiophene rings is 1. The highest BCUT2D eigenvalue weighted by molar-refractivity contribution is 7.20. The zero-order valence-electron chi connectivity index (χ0n) is 10.9. The first-order valence-electron chi connectivity index (χ1n) is 6.11. The Kier molecular flexibility index (Phi) is 3.84. The number of fused-ring (bicyclic) bond motifs is 1. The van der Waals surface area contributed by atoms with Crippen molar-refractivity contribution in [3.63, 3.8) is 0 Å². The van der Waals surface area contributed by atoms with Crippen LogP contribution < -0.4 is 5.32 Å². The lowest BCUT2D eigenvalue weighted by atomic mass is 10.2. The normalized spacial score (nSPS) is 12.5. The van der Waals surface area contributed by atoms with Crippen molar-refractivity contribution in [1.82, 2.24) is 19.9 Å². The standard InChI is InChI=1S/C13H10Cl2N4OS/c1-7(12-18-17-10-4-2-3-5-19(10)12)16-13(20)8-6-9(14)21-11(8)15/h2-7H,1H3,(H,16,20)/t7-/m1/s1. The number of aromatic nitrogens is 3. The Labute approximate surface area is 134 Å². The number of hydrogen-bond acceptors (Lipinski definition) is 4. The molecule has 3 aromatic rings. The van der Waals surface area contributed by atoms with Crippen LogP contribution in [0.4, 0.5) is 0 Å². The first-order chi connectivity index (χ1) is 10.1. The number of nitrogens with zero attached hydrogens (tertiary/aromatic N) is 3. The van der Waals surface area contributed by atoms with E-state index in [1.165, 1.54) is 0 Å². The third-order valence-electron chi connectivity index (χ3n) is 2.98. The van der Waals surface area contributed by atoms with Crippen LogP contribution in [-0.4, -0.2) is 20.5 Å². The van der Waals surface area contributed by atoms with Crippen molar-refractivity contribution >= 4 is 46.1 Å². The van der Waals surface area contributed by atoms with Gasteiger partial charge in [0.15, 0.2) is 11.5 Å². The van der Waals surface area contributed by atoms with Crippen molar-refractivity contribution in [2.45, 2.75) is 13.0 Å². The van der Waals surface area contributed by atoms with Gasteiger partial charge in [-0.15, -0.1) is 21.5 Å². The monoisotopic (exact) mass is 340 g/mol. The largest absolute Gasteiger partial charge is 0.342 e. The van der Waals surface area contributed by atoms with Crippen LogP contribution in [0.1, 0.15) is 29.1 Å². The van der Waals surface area contributed by atoms with Crippen molar-refractivity contribution < 1.29 is 4.79 Å². The molecule has 5 nitrogen and oxygen atoms in total. The van der Waals surface area contributed by atoms with E-state index in [2.05, 4.69) is 15.5 Å². The predicted octanol–water partition coefficient (Wildman–Crippen LogP) is 3.59. The molecule has 0 spiro atoms. The molecule has 108 valence electrons. The minimum atomic E-state index is -0.315. The van der Waals surface area contributed by atoms with Crippen LogP contribution in [0.5, 0.6) is 0 Å². The van der Waals surface area contributed by atoms with Gasteiger partial charge in [0.25, 0.3) is 5.91 Å². The van der Waals surface area contributed by atoms with Crippen LogP contribution >= 0.6 is 34.5 Å². The van der Waals surface area contributed by atoms with Gasteiger partial charge in [-0.2, -0.15) is 0 Å². The van der Waals surface area contributed by atoms with Gasteiger partial charge in [-0.1, -0.05) is 29.3 Å². The van der Waals surface area contributed by atoms with Crippen LogP contribution in [0.3, 0.4) is 0 Å². The fourth-order valence-electron chi connectivity index (χ4n) is 1.99. The van der Waals surface area contributed by atoms with Crippen LogP contribution in [0.25, 0.3) is 5.65 Å². The van der Waals surface area contributed by atoms with E-state index in [4.69, 9.17) is 23.2 Å². The average molecular weight is 341 g/mol. The molecule has 1 N–H and O–H groups in total. The summed E-state index contributed by atoms with van der Waals surface area (Å²) >= 11 is 13.0. The Morgan fingerprint density at radius 3 is 2.90 bits per heavy atom. The summed E-state index contributed by atoms with van der Waals surface area (Å²) in [5, 5.41) is 11.0. The highest BCUT2D eigenvalue weighted by Crippen LogP contribution is 2.31. The summed E-state index contributed by atoms with van der Waals surface area (Å²) in [4.78, 5) is 12.2. The molecule has 0 aliphatic carbocycles. The second-order valence-corrected chi connectivity index (χ2v) is 6.71. The highest BCUT2D eigenvalue weighted by atomic mass is 35.5. The number of halogens is 2. The molecular formula is C13H10Cl2N4OS. The van der Waals surface area contributed by atoms with Gasteiger partial charge in [0.2, 0.25) is 0 Å². The fraction of sp³-hybridized carbons (Fsp3) is 0.154. The number of nitrogens with one attached hydrogen (secondary N) is 1. The first-order valence-corrected chi connectivity index (χ1v) is 7.69. The molecule has 3 aromatic heterocycles. The van der Waals surface area contributed by atoms with Crippen molar-refractivity contribution in [2.75, 3.05) is 0 Å². The van der Waals surface area contributed by atoms with Gasteiger partial charge in [-0.05, 0) is 25.1 Å². The smallest absolute Gasteiger partial charge is 0.254 e. The molecule has 3 heterocycles. The predicted molar refractivity (Wildman–Crippen MR) is 83.2 cm³/mol. The molecule has 1 atom stereocenters. The molecule has 21 heavy (non-hydrogen) atoms. The number of rotatable bonds is 3. The summed E-state index contributed by atoms with van der Waals surface area (Å²) in [6, 6.07) is 6.84. The summed E-state index contributed by atoms with van der Waals surface area (Å²) in [7, 11) is 0. The minimum absolute atomic E-state index is 0.289. The molecule has 0 radical (unpaired) electrons. The van der Waals surface area contributed by atoms with E-state index in [0.717, 1.165) is 17.0 Å².